The third-order valence-electron chi connectivity index (χ3n) is 4.99. The summed E-state index contributed by atoms with van der Waals surface area (Å²) in [6.07, 6.45) is 5.96. The molecule has 0 saturated carbocycles. The van der Waals surface area contributed by atoms with E-state index >= 15 is 0 Å². The van der Waals surface area contributed by atoms with Gasteiger partial charge < -0.3 is 9.64 Å². The third-order valence-corrected chi connectivity index (χ3v) is 4.99. The molecule has 1 atom stereocenters. The maximum Gasteiger partial charge on any atom is 0.254 e. The van der Waals surface area contributed by atoms with Gasteiger partial charge in [-0.05, 0) is 43.2 Å². The summed E-state index contributed by atoms with van der Waals surface area (Å²) in [7, 11) is 0. The second kappa shape index (κ2) is 8.94. The Morgan fingerprint density at radius 2 is 1.90 bits per heavy atom. The maximum absolute atomic E-state index is 13.9. The Balaban J connectivity index is 1.48. The summed E-state index contributed by atoms with van der Waals surface area (Å²) in [6, 6.07) is 8.50. The monoisotopic (exact) mass is 410 g/mol. The van der Waals surface area contributed by atoms with Crippen molar-refractivity contribution in [1.82, 2.24) is 19.9 Å². The highest BCUT2D eigenvalue weighted by Gasteiger charge is 2.27. The van der Waals surface area contributed by atoms with E-state index in [2.05, 4.69) is 15.0 Å². The molecular formula is C22H20F2N4O2. The van der Waals surface area contributed by atoms with E-state index < -0.39 is 11.6 Å². The summed E-state index contributed by atoms with van der Waals surface area (Å²) in [4.78, 5) is 27.2. The van der Waals surface area contributed by atoms with Gasteiger partial charge >= 0.3 is 0 Å². The van der Waals surface area contributed by atoms with Crippen LogP contribution in [0.15, 0.2) is 55.0 Å². The molecule has 1 aromatic carbocycles. The van der Waals surface area contributed by atoms with E-state index in [9.17, 15) is 13.6 Å². The lowest BCUT2D eigenvalue weighted by Gasteiger charge is -2.33. The summed E-state index contributed by atoms with van der Waals surface area (Å²) in [5, 5.41) is 0. The van der Waals surface area contributed by atoms with Gasteiger partial charge in [-0.2, -0.15) is 0 Å². The van der Waals surface area contributed by atoms with E-state index in [0.29, 0.717) is 37.0 Å². The van der Waals surface area contributed by atoms with E-state index in [-0.39, 0.29) is 17.4 Å². The number of hydrogen-bond acceptors (Lipinski definition) is 5. The number of aromatic nitrogens is 3. The number of carbonyl (C=O) groups excluding carboxylic acids is 1. The van der Waals surface area contributed by atoms with Crippen molar-refractivity contribution in [2.24, 2.45) is 5.92 Å². The zero-order valence-corrected chi connectivity index (χ0v) is 16.2. The molecule has 1 unspecified atom stereocenters. The van der Waals surface area contributed by atoms with Crippen LogP contribution in [0.4, 0.5) is 8.78 Å². The predicted octanol–water partition coefficient (Wildman–Crippen LogP) is 3.75. The normalized spacial score (nSPS) is 16.3. The zero-order valence-electron chi connectivity index (χ0n) is 16.2. The molecule has 6 nitrogen and oxygen atoms in total. The van der Waals surface area contributed by atoms with Crippen LogP contribution in [0.25, 0.3) is 11.4 Å². The van der Waals surface area contributed by atoms with Crippen LogP contribution in [0.5, 0.6) is 5.88 Å². The number of benzene rings is 1. The molecule has 30 heavy (non-hydrogen) atoms. The topological polar surface area (TPSA) is 68.2 Å². The van der Waals surface area contributed by atoms with E-state index in [1.54, 1.807) is 23.4 Å². The molecule has 1 fully saturated rings. The Bertz CT molecular complexity index is 1020. The second-order valence-electron chi connectivity index (χ2n) is 7.15. The Kier molecular flexibility index (Phi) is 5.92. The Hall–Kier alpha value is -3.42. The summed E-state index contributed by atoms with van der Waals surface area (Å²) in [5.41, 5.74) is 0.735. The molecule has 1 aliphatic heterocycles. The molecule has 2 aromatic heterocycles. The lowest BCUT2D eigenvalue weighted by Crippen LogP contribution is -2.41. The molecule has 0 spiro atoms. The molecule has 3 aromatic rings. The minimum atomic E-state index is -0.489. The van der Waals surface area contributed by atoms with Crippen LogP contribution in [0.3, 0.4) is 0 Å². The Morgan fingerprint density at radius 1 is 1.10 bits per heavy atom. The van der Waals surface area contributed by atoms with Crippen LogP contribution in [0, 0.1) is 17.6 Å². The second-order valence-corrected chi connectivity index (χ2v) is 7.15. The number of amides is 1. The van der Waals surface area contributed by atoms with Gasteiger partial charge in [-0.15, -0.1) is 0 Å². The van der Waals surface area contributed by atoms with Crippen molar-refractivity contribution < 1.29 is 18.3 Å². The highest BCUT2D eigenvalue weighted by molar-refractivity contribution is 6.00. The fraction of sp³-hybridized carbons (Fsp3) is 0.273. The first-order chi connectivity index (χ1) is 14.6. The van der Waals surface area contributed by atoms with Gasteiger partial charge in [0.2, 0.25) is 5.88 Å². The molecule has 154 valence electrons. The summed E-state index contributed by atoms with van der Waals surface area (Å²) in [6.45, 7) is 1.42. The van der Waals surface area contributed by atoms with Crippen molar-refractivity contribution in [2.45, 2.75) is 12.8 Å². The first-order valence-electron chi connectivity index (χ1n) is 9.71. The fourth-order valence-corrected chi connectivity index (χ4v) is 3.53. The zero-order chi connectivity index (χ0) is 20.9. The molecular weight excluding hydrogens is 390 g/mol. The predicted molar refractivity (Wildman–Crippen MR) is 106 cm³/mol. The number of piperidine rings is 1. The van der Waals surface area contributed by atoms with Gasteiger partial charge in [0.1, 0.15) is 11.6 Å². The van der Waals surface area contributed by atoms with Gasteiger partial charge in [-0.3, -0.25) is 4.79 Å². The van der Waals surface area contributed by atoms with Crippen LogP contribution >= 0.6 is 0 Å². The van der Waals surface area contributed by atoms with Gasteiger partial charge in [0, 0.05) is 43.0 Å². The molecule has 0 aliphatic carbocycles. The number of rotatable bonds is 5. The summed E-state index contributed by atoms with van der Waals surface area (Å²) in [5.74, 6) is -0.364. The first kappa shape index (κ1) is 19.9. The minimum Gasteiger partial charge on any atom is -0.477 e. The van der Waals surface area contributed by atoms with Gasteiger partial charge in [0.15, 0.2) is 5.82 Å². The maximum atomic E-state index is 13.9. The number of pyridine rings is 1. The largest absolute Gasteiger partial charge is 0.477 e. The molecule has 1 amide bonds. The molecule has 0 N–H and O–H groups in total. The van der Waals surface area contributed by atoms with Gasteiger partial charge in [-0.1, -0.05) is 0 Å². The average Bonchev–Trinajstić information content (AvgIpc) is 2.79. The minimum absolute atomic E-state index is 0.0968. The highest BCUT2D eigenvalue weighted by atomic mass is 19.1. The third kappa shape index (κ3) is 4.59. The molecule has 0 bridgehead atoms. The number of hydrogen-bond donors (Lipinski definition) is 0. The van der Waals surface area contributed by atoms with Crippen LogP contribution in [-0.2, 0) is 0 Å². The van der Waals surface area contributed by atoms with Crippen LogP contribution in [-0.4, -0.2) is 45.5 Å². The lowest BCUT2D eigenvalue weighted by molar-refractivity contribution is 0.0631. The molecule has 4 rings (SSSR count). The average molecular weight is 410 g/mol. The molecule has 3 heterocycles. The van der Waals surface area contributed by atoms with Crippen molar-refractivity contribution >= 4 is 5.91 Å². The number of nitrogens with zero attached hydrogens (tertiary/aromatic N) is 4. The van der Waals surface area contributed by atoms with Crippen LogP contribution in [0.2, 0.25) is 0 Å². The van der Waals surface area contributed by atoms with Crippen LogP contribution in [0.1, 0.15) is 23.2 Å². The van der Waals surface area contributed by atoms with E-state index in [1.165, 1.54) is 30.3 Å². The van der Waals surface area contributed by atoms with Crippen molar-refractivity contribution in [3.05, 3.63) is 72.2 Å². The standard InChI is InChI=1S/C22H20F2N4O2/c23-16-4-6-18(21-25-8-2-9-26-21)19(11-16)22(29)28-10-1-3-15(13-28)14-30-20-7-5-17(24)12-27-20/h2,4-9,11-12,15H,1,3,10,13-14H2. The molecule has 0 radical (unpaired) electrons. The van der Waals surface area contributed by atoms with Gasteiger partial charge in [0.25, 0.3) is 5.91 Å². The fourth-order valence-electron chi connectivity index (χ4n) is 3.53. The smallest absolute Gasteiger partial charge is 0.254 e. The van der Waals surface area contributed by atoms with Crippen molar-refractivity contribution in [3.63, 3.8) is 0 Å². The number of likely N-dealkylation sites (tertiary alicyclic amines) is 1. The van der Waals surface area contributed by atoms with Crippen molar-refractivity contribution in [3.8, 4) is 17.3 Å². The van der Waals surface area contributed by atoms with Gasteiger partial charge in [0.05, 0.1) is 18.4 Å². The quantitative estimate of drug-likeness (QED) is 0.641. The first-order valence-corrected chi connectivity index (χ1v) is 9.71. The molecule has 8 heteroatoms. The van der Waals surface area contributed by atoms with E-state index in [4.69, 9.17) is 4.74 Å². The Labute approximate surface area is 172 Å². The Morgan fingerprint density at radius 3 is 2.67 bits per heavy atom. The number of carbonyl (C=O) groups is 1. The SMILES string of the molecule is O=C(c1cc(F)ccc1-c1ncccn1)N1CCCC(COc2ccc(F)cn2)C1. The number of halogens is 2. The van der Waals surface area contributed by atoms with Crippen molar-refractivity contribution in [1.29, 1.82) is 0 Å². The number of ether oxygens (including phenoxy) is 1. The molecule has 1 saturated heterocycles. The van der Waals surface area contributed by atoms with Gasteiger partial charge in [-0.25, -0.2) is 23.7 Å². The van der Waals surface area contributed by atoms with Crippen LogP contribution < -0.4 is 4.74 Å². The lowest BCUT2D eigenvalue weighted by atomic mass is 9.97. The highest BCUT2D eigenvalue weighted by Crippen LogP contribution is 2.25. The summed E-state index contributed by atoms with van der Waals surface area (Å²) >= 11 is 0. The molecule has 1 aliphatic rings. The van der Waals surface area contributed by atoms with E-state index in [1.807, 2.05) is 0 Å². The van der Waals surface area contributed by atoms with E-state index in [0.717, 1.165) is 19.0 Å². The summed E-state index contributed by atoms with van der Waals surface area (Å²) < 4.78 is 32.6. The van der Waals surface area contributed by atoms with Crippen molar-refractivity contribution in [2.75, 3.05) is 19.7 Å².